The van der Waals surface area contributed by atoms with Gasteiger partial charge in [0.05, 0.1) is 15.5 Å². The van der Waals surface area contributed by atoms with Gasteiger partial charge in [0.1, 0.15) is 12.6 Å². The number of amides is 2. The van der Waals surface area contributed by atoms with Crippen molar-refractivity contribution in [3.8, 4) is 0 Å². The lowest BCUT2D eigenvalue weighted by Crippen LogP contribution is -2.54. The summed E-state index contributed by atoms with van der Waals surface area (Å²) in [7, 11) is -4.34. The van der Waals surface area contributed by atoms with Gasteiger partial charge in [-0.25, -0.2) is 8.42 Å². The molecule has 40 heavy (non-hydrogen) atoms. The Labute approximate surface area is 238 Å². The van der Waals surface area contributed by atoms with Crippen molar-refractivity contribution in [2.75, 3.05) is 10.8 Å². The number of nitro benzene ring substituents is 1. The monoisotopic (exact) mass is 586 g/mol. The molecule has 1 N–H and O–H groups in total. The predicted molar refractivity (Wildman–Crippen MR) is 153 cm³/mol. The summed E-state index contributed by atoms with van der Waals surface area (Å²) < 4.78 is 28.3. The van der Waals surface area contributed by atoms with Gasteiger partial charge in [-0.15, -0.1) is 0 Å². The number of hydrogen-bond acceptors (Lipinski definition) is 6. The number of anilines is 1. The van der Waals surface area contributed by atoms with E-state index in [1.54, 1.807) is 58.0 Å². The van der Waals surface area contributed by atoms with Crippen LogP contribution in [0.2, 0.25) is 5.02 Å². The fourth-order valence-corrected chi connectivity index (χ4v) is 5.54. The minimum Gasteiger partial charge on any atom is -0.350 e. The van der Waals surface area contributed by atoms with Crippen LogP contribution in [0.5, 0.6) is 0 Å². The van der Waals surface area contributed by atoms with Crippen molar-refractivity contribution in [3.05, 3.63) is 99.6 Å². The maximum Gasteiger partial charge on any atom is 0.271 e. The van der Waals surface area contributed by atoms with E-state index in [9.17, 15) is 28.1 Å². The highest BCUT2D eigenvalue weighted by atomic mass is 35.5. The van der Waals surface area contributed by atoms with Crippen molar-refractivity contribution in [2.45, 2.75) is 50.7 Å². The lowest BCUT2D eigenvalue weighted by molar-refractivity contribution is -0.384. The molecule has 0 aliphatic heterocycles. The number of halogens is 1. The molecule has 0 aliphatic rings. The number of hydrogen-bond donors (Lipinski definition) is 1. The average Bonchev–Trinajstić information content (AvgIpc) is 2.89. The van der Waals surface area contributed by atoms with Crippen LogP contribution in [0.1, 0.15) is 33.3 Å². The van der Waals surface area contributed by atoms with E-state index in [4.69, 9.17) is 11.6 Å². The number of carbonyl (C=O) groups excluding carboxylic acids is 2. The number of nitrogens with one attached hydrogen (secondary N) is 1. The van der Waals surface area contributed by atoms with Crippen LogP contribution in [0.15, 0.2) is 83.8 Å². The molecule has 0 heterocycles. The summed E-state index contributed by atoms with van der Waals surface area (Å²) in [5, 5.41) is 14.7. The molecule has 0 bridgehead atoms. The van der Waals surface area contributed by atoms with Crippen LogP contribution in [-0.4, -0.2) is 48.2 Å². The molecule has 3 aromatic carbocycles. The first-order chi connectivity index (χ1) is 18.7. The Morgan fingerprint density at radius 3 is 2.25 bits per heavy atom. The van der Waals surface area contributed by atoms with Gasteiger partial charge in [0.15, 0.2) is 0 Å². The van der Waals surface area contributed by atoms with Crippen LogP contribution < -0.4 is 9.62 Å². The highest BCUT2D eigenvalue weighted by molar-refractivity contribution is 7.92. The van der Waals surface area contributed by atoms with Crippen LogP contribution >= 0.6 is 11.6 Å². The Hall–Kier alpha value is -3.96. The number of sulfonamides is 1. The van der Waals surface area contributed by atoms with E-state index in [1.165, 1.54) is 47.4 Å². The summed E-state index contributed by atoms with van der Waals surface area (Å²) in [5.74, 6) is -1.13. The first kappa shape index (κ1) is 30.6. The molecule has 0 unspecified atom stereocenters. The number of benzene rings is 3. The van der Waals surface area contributed by atoms with E-state index in [0.29, 0.717) is 10.6 Å². The zero-order chi connectivity index (χ0) is 29.7. The maximum atomic E-state index is 13.9. The average molecular weight is 587 g/mol. The quantitative estimate of drug-likeness (QED) is 0.269. The Kier molecular flexibility index (Phi) is 9.54. The van der Waals surface area contributed by atoms with Crippen molar-refractivity contribution >= 4 is 44.8 Å². The molecule has 212 valence electrons. The van der Waals surface area contributed by atoms with Gasteiger partial charge in [-0.2, -0.15) is 0 Å². The summed E-state index contributed by atoms with van der Waals surface area (Å²) in [6.07, 6.45) is 0. The largest absolute Gasteiger partial charge is 0.350 e. The minimum atomic E-state index is -4.34. The molecule has 10 nitrogen and oxygen atoms in total. The number of nitro groups is 1. The summed E-state index contributed by atoms with van der Waals surface area (Å²) in [4.78, 5) is 39.0. The van der Waals surface area contributed by atoms with Crippen LogP contribution in [0.4, 0.5) is 11.4 Å². The Bertz CT molecular complexity index is 1490. The fourth-order valence-electron chi connectivity index (χ4n) is 3.90. The van der Waals surface area contributed by atoms with E-state index < -0.39 is 44.9 Å². The van der Waals surface area contributed by atoms with Gasteiger partial charge in [-0.05, 0) is 63.6 Å². The van der Waals surface area contributed by atoms with Gasteiger partial charge >= 0.3 is 0 Å². The normalized spacial score (nSPS) is 12.3. The third-order valence-electron chi connectivity index (χ3n) is 5.85. The third kappa shape index (κ3) is 7.80. The topological polar surface area (TPSA) is 130 Å². The van der Waals surface area contributed by atoms with Crippen LogP contribution in [0, 0.1) is 10.1 Å². The second-order valence-electron chi connectivity index (χ2n) is 10.2. The number of nitrogens with zero attached hydrogens (tertiary/aromatic N) is 3. The van der Waals surface area contributed by atoms with E-state index in [-0.39, 0.29) is 22.8 Å². The van der Waals surface area contributed by atoms with E-state index in [1.807, 2.05) is 0 Å². The molecule has 1 atom stereocenters. The molecule has 0 fully saturated rings. The molecule has 0 radical (unpaired) electrons. The van der Waals surface area contributed by atoms with Crippen molar-refractivity contribution < 1.29 is 22.9 Å². The summed E-state index contributed by atoms with van der Waals surface area (Å²) in [6, 6.07) is 18.2. The number of carbonyl (C=O) groups is 2. The number of rotatable bonds is 10. The van der Waals surface area contributed by atoms with E-state index in [0.717, 1.165) is 10.4 Å². The highest BCUT2D eigenvalue weighted by Crippen LogP contribution is 2.27. The van der Waals surface area contributed by atoms with Crippen molar-refractivity contribution in [2.24, 2.45) is 0 Å². The fraction of sp³-hybridized carbons (Fsp3) is 0.286. The summed E-state index contributed by atoms with van der Waals surface area (Å²) in [6.45, 7) is 6.21. The van der Waals surface area contributed by atoms with Crippen molar-refractivity contribution in [1.82, 2.24) is 10.2 Å². The van der Waals surface area contributed by atoms with Gasteiger partial charge in [-0.1, -0.05) is 48.0 Å². The summed E-state index contributed by atoms with van der Waals surface area (Å²) >= 11 is 6.14. The molecule has 2 amide bonds. The SMILES string of the molecule is C[C@H](C(=O)NC(C)(C)C)N(Cc1cccc(Cl)c1)C(=O)CN(c1cccc([N+](=O)[O-])c1)S(=O)(=O)c1ccccc1. The van der Waals surface area contributed by atoms with Gasteiger partial charge < -0.3 is 10.2 Å². The van der Waals surface area contributed by atoms with Gasteiger partial charge in [0.2, 0.25) is 11.8 Å². The zero-order valence-corrected chi connectivity index (χ0v) is 24.1. The van der Waals surface area contributed by atoms with Gasteiger partial charge in [-0.3, -0.25) is 24.0 Å². The third-order valence-corrected chi connectivity index (χ3v) is 7.87. The maximum absolute atomic E-state index is 13.9. The molecular weight excluding hydrogens is 556 g/mol. The lowest BCUT2D eigenvalue weighted by Gasteiger charge is -2.33. The standard InChI is InChI=1S/C28H31ClN4O6S/c1-20(27(35)30-28(2,3)4)31(18-21-10-8-11-22(29)16-21)26(34)19-32(23-12-9-13-24(17-23)33(36)37)40(38,39)25-14-6-5-7-15-25/h5-17,20H,18-19H2,1-4H3,(H,30,35)/t20-/m1/s1. The smallest absolute Gasteiger partial charge is 0.271 e. The molecule has 0 aliphatic carbocycles. The molecule has 12 heteroatoms. The second kappa shape index (κ2) is 12.5. The second-order valence-corrected chi connectivity index (χ2v) is 12.5. The molecule has 0 aromatic heterocycles. The Morgan fingerprint density at radius 1 is 1.00 bits per heavy atom. The van der Waals surface area contributed by atoms with Crippen LogP contribution in [0.3, 0.4) is 0 Å². The van der Waals surface area contributed by atoms with Crippen LogP contribution in [-0.2, 0) is 26.2 Å². The summed E-state index contributed by atoms with van der Waals surface area (Å²) in [5.41, 5.74) is -0.362. The Morgan fingerprint density at radius 2 is 1.65 bits per heavy atom. The van der Waals surface area contributed by atoms with E-state index in [2.05, 4.69) is 5.32 Å². The van der Waals surface area contributed by atoms with Crippen LogP contribution in [0.25, 0.3) is 0 Å². The van der Waals surface area contributed by atoms with Crippen molar-refractivity contribution in [3.63, 3.8) is 0 Å². The van der Waals surface area contributed by atoms with Crippen molar-refractivity contribution in [1.29, 1.82) is 0 Å². The first-order valence-electron chi connectivity index (χ1n) is 12.4. The van der Waals surface area contributed by atoms with Gasteiger partial charge in [0, 0.05) is 29.2 Å². The van der Waals surface area contributed by atoms with E-state index >= 15 is 0 Å². The highest BCUT2D eigenvalue weighted by Gasteiger charge is 2.33. The number of non-ortho nitro benzene ring substituents is 1. The first-order valence-corrected chi connectivity index (χ1v) is 14.2. The molecule has 3 aromatic rings. The lowest BCUT2D eigenvalue weighted by atomic mass is 10.1. The van der Waals surface area contributed by atoms with Gasteiger partial charge in [0.25, 0.3) is 15.7 Å². The predicted octanol–water partition coefficient (Wildman–Crippen LogP) is 4.78. The molecule has 0 saturated heterocycles. The Balaban J connectivity index is 2.07. The molecule has 0 spiro atoms. The molecule has 3 rings (SSSR count). The minimum absolute atomic E-state index is 0.0354. The molecular formula is C28H31ClN4O6S. The zero-order valence-electron chi connectivity index (χ0n) is 22.6. The molecule has 0 saturated carbocycles.